The fraction of sp³-hybridized carbons (Fsp3) is 0.143. The molecule has 0 spiro atoms. The minimum atomic E-state index is -4.05. The molecule has 7 nitrogen and oxygen atoms in total. The molecule has 1 atom stereocenters. The molecule has 0 aliphatic heterocycles. The monoisotopic (exact) mass is 490 g/mol. The van der Waals surface area contributed by atoms with E-state index in [1.54, 1.807) is 43.3 Å². The summed E-state index contributed by atoms with van der Waals surface area (Å²) in [4.78, 5) is 10.3. The van der Waals surface area contributed by atoms with E-state index in [0.717, 1.165) is 4.47 Å². The molecule has 156 valence electrons. The Morgan fingerprint density at radius 3 is 2.30 bits per heavy atom. The third-order valence-corrected chi connectivity index (χ3v) is 7.01. The second kappa shape index (κ2) is 8.85. The van der Waals surface area contributed by atoms with Crippen molar-refractivity contribution >= 4 is 37.3 Å². The van der Waals surface area contributed by atoms with E-state index in [1.165, 1.54) is 35.7 Å². The molecular formula is C21H19BrN2O5S. The summed E-state index contributed by atoms with van der Waals surface area (Å²) >= 11 is 3.39. The maximum atomic E-state index is 13.6. The Morgan fingerprint density at radius 2 is 1.70 bits per heavy atom. The molecule has 0 fully saturated rings. The van der Waals surface area contributed by atoms with E-state index in [1.807, 2.05) is 12.1 Å². The van der Waals surface area contributed by atoms with Gasteiger partial charge in [-0.05, 0) is 43.3 Å². The first kappa shape index (κ1) is 21.8. The van der Waals surface area contributed by atoms with Crippen molar-refractivity contribution in [1.82, 2.24) is 0 Å². The summed E-state index contributed by atoms with van der Waals surface area (Å²) in [5, 5.41) is 10.9. The number of nitro benzene ring substituents is 1. The quantitative estimate of drug-likeness (QED) is 0.330. The van der Waals surface area contributed by atoms with Gasteiger partial charge in [0.2, 0.25) is 0 Å². The lowest BCUT2D eigenvalue weighted by molar-refractivity contribution is -0.384. The molecule has 3 rings (SSSR count). The summed E-state index contributed by atoms with van der Waals surface area (Å²) in [6.45, 7) is 1.77. The molecule has 0 aliphatic carbocycles. The van der Waals surface area contributed by atoms with Crippen LogP contribution in [0.15, 0.2) is 82.2 Å². The number of hydrogen-bond acceptors (Lipinski definition) is 5. The molecule has 3 aromatic carbocycles. The zero-order valence-electron chi connectivity index (χ0n) is 16.2. The Morgan fingerprint density at radius 1 is 1.03 bits per heavy atom. The number of non-ortho nitro benzene ring substituents is 1. The van der Waals surface area contributed by atoms with Crippen molar-refractivity contribution in [1.29, 1.82) is 0 Å². The standard InChI is InChI=1S/C21H19BrN2O5S/c1-15(20-8-3-4-9-21(20)29-2)23(18-7-5-6-16(22)14-18)30(27,28)19-12-10-17(11-13-19)24(25)26/h3-15H,1-2H3/t15-/m1/s1. The van der Waals surface area contributed by atoms with Crippen LogP contribution in [-0.4, -0.2) is 20.5 Å². The van der Waals surface area contributed by atoms with Gasteiger partial charge in [-0.3, -0.25) is 14.4 Å². The van der Waals surface area contributed by atoms with Gasteiger partial charge in [0, 0.05) is 22.2 Å². The van der Waals surface area contributed by atoms with Gasteiger partial charge >= 0.3 is 0 Å². The highest BCUT2D eigenvalue weighted by Gasteiger charge is 2.32. The fourth-order valence-corrected chi connectivity index (χ4v) is 5.19. The van der Waals surface area contributed by atoms with E-state index >= 15 is 0 Å². The van der Waals surface area contributed by atoms with Crippen LogP contribution in [0.25, 0.3) is 0 Å². The van der Waals surface area contributed by atoms with Crippen LogP contribution in [0.4, 0.5) is 11.4 Å². The van der Waals surface area contributed by atoms with Crippen LogP contribution >= 0.6 is 15.9 Å². The maximum absolute atomic E-state index is 13.6. The second-order valence-corrected chi connectivity index (χ2v) is 9.18. The van der Waals surface area contributed by atoms with E-state index in [2.05, 4.69) is 15.9 Å². The summed E-state index contributed by atoms with van der Waals surface area (Å²) < 4.78 is 34.7. The first-order valence-electron chi connectivity index (χ1n) is 8.93. The number of nitro groups is 1. The number of nitrogens with zero attached hydrogens (tertiary/aromatic N) is 2. The van der Waals surface area contributed by atoms with E-state index in [4.69, 9.17) is 4.74 Å². The van der Waals surface area contributed by atoms with E-state index in [0.29, 0.717) is 17.0 Å². The van der Waals surface area contributed by atoms with E-state index in [9.17, 15) is 18.5 Å². The number of halogens is 1. The number of rotatable bonds is 7. The molecule has 3 aromatic rings. The molecule has 9 heteroatoms. The summed E-state index contributed by atoms with van der Waals surface area (Å²) in [5.74, 6) is 0.559. The van der Waals surface area contributed by atoms with Crippen molar-refractivity contribution < 1.29 is 18.1 Å². The summed E-state index contributed by atoms with van der Waals surface area (Å²) in [5.41, 5.74) is 0.951. The first-order valence-corrected chi connectivity index (χ1v) is 11.2. The van der Waals surface area contributed by atoms with Gasteiger partial charge in [0.15, 0.2) is 0 Å². The predicted octanol–water partition coefficient (Wildman–Crippen LogP) is 5.32. The Labute approximate surface area is 183 Å². The number of methoxy groups -OCH3 is 1. The second-order valence-electron chi connectivity index (χ2n) is 6.45. The van der Waals surface area contributed by atoms with Gasteiger partial charge in [-0.25, -0.2) is 8.42 Å². The molecular weight excluding hydrogens is 472 g/mol. The average molecular weight is 491 g/mol. The highest BCUT2D eigenvalue weighted by molar-refractivity contribution is 9.10. The number of anilines is 1. The minimum absolute atomic E-state index is 0.0465. The van der Waals surface area contributed by atoms with Crippen LogP contribution < -0.4 is 9.04 Å². The number of benzene rings is 3. The molecule has 0 saturated carbocycles. The molecule has 0 aromatic heterocycles. The molecule has 0 saturated heterocycles. The molecule has 0 N–H and O–H groups in total. The third kappa shape index (κ3) is 4.31. The summed E-state index contributed by atoms with van der Waals surface area (Å²) in [7, 11) is -2.52. The van der Waals surface area contributed by atoms with E-state index in [-0.39, 0.29) is 10.6 Å². The lowest BCUT2D eigenvalue weighted by Crippen LogP contribution is -2.34. The van der Waals surface area contributed by atoms with E-state index < -0.39 is 21.0 Å². The maximum Gasteiger partial charge on any atom is 0.269 e. The molecule has 30 heavy (non-hydrogen) atoms. The first-order chi connectivity index (χ1) is 14.3. The van der Waals surface area contributed by atoms with Crippen molar-refractivity contribution in [3.8, 4) is 5.75 Å². The van der Waals surface area contributed by atoms with Crippen LogP contribution in [0.2, 0.25) is 0 Å². The van der Waals surface area contributed by atoms with Crippen molar-refractivity contribution in [2.45, 2.75) is 17.9 Å². The predicted molar refractivity (Wildman–Crippen MR) is 118 cm³/mol. The molecule has 0 heterocycles. The molecule has 0 aliphatic rings. The number of para-hydroxylation sites is 1. The summed E-state index contributed by atoms with van der Waals surface area (Å²) in [6.07, 6.45) is 0. The largest absolute Gasteiger partial charge is 0.496 e. The van der Waals surface area contributed by atoms with Crippen molar-refractivity contribution in [3.05, 3.63) is 92.9 Å². The topological polar surface area (TPSA) is 89.8 Å². The molecule has 0 radical (unpaired) electrons. The van der Waals surface area contributed by atoms with Gasteiger partial charge in [-0.15, -0.1) is 0 Å². The zero-order valence-corrected chi connectivity index (χ0v) is 18.6. The lowest BCUT2D eigenvalue weighted by atomic mass is 10.1. The zero-order chi connectivity index (χ0) is 21.9. The van der Waals surface area contributed by atoms with Crippen LogP contribution in [0.3, 0.4) is 0 Å². The van der Waals surface area contributed by atoms with Gasteiger partial charge in [0.1, 0.15) is 5.75 Å². The highest BCUT2D eigenvalue weighted by Crippen LogP contribution is 2.37. The average Bonchev–Trinajstić information content (AvgIpc) is 2.73. The fourth-order valence-electron chi connectivity index (χ4n) is 3.18. The highest BCUT2D eigenvalue weighted by atomic mass is 79.9. The van der Waals surface area contributed by atoms with Crippen molar-refractivity contribution in [3.63, 3.8) is 0 Å². The Kier molecular flexibility index (Phi) is 6.42. The molecule has 0 bridgehead atoms. The molecule has 0 unspecified atom stereocenters. The van der Waals surface area contributed by atoms with Crippen LogP contribution in [0, 0.1) is 10.1 Å². The third-order valence-electron chi connectivity index (χ3n) is 4.61. The van der Waals surface area contributed by atoms with Crippen LogP contribution in [0.1, 0.15) is 18.5 Å². The van der Waals surface area contributed by atoms with Gasteiger partial charge in [-0.2, -0.15) is 0 Å². The van der Waals surface area contributed by atoms with Crippen molar-refractivity contribution in [2.24, 2.45) is 0 Å². The minimum Gasteiger partial charge on any atom is -0.496 e. The smallest absolute Gasteiger partial charge is 0.269 e. The Hall–Kier alpha value is -2.91. The Bertz CT molecular complexity index is 1170. The van der Waals surface area contributed by atoms with Gasteiger partial charge in [0.25, 0.3) is 15.7 Å². The normalized spacial score (nSPS) is 12.2. The van der Waals surface area contributed by atoms with Gasteiger partial charge in [0.05, 0.1) is 28.7 Å². The number of ether oxygens (including phenoxy) is 1. The number of sulfonamides is 1. The van der Waals surface area contributed by atoms with Gasteiger partial charge in [-0.1, -0.05) is 40.2 Å². The van der Waals surface area contributed by atoms with Crippen LogP contribution in [0.5, 0.6) is 5.75 Å². The summed E-state index contributed by atoms with van der Waals surface area (Å²) in [6, 6.07) is 18.4. The van der Waals surface area contributed by atoms with Crippen LogP contribution in [-0.2, 0) is 10.0 Å². The Balaban J connectivity index is 2.17. The molecule has 0 amide bonds. The lowest BCUT2D eigenvalue weighted by Gasteiger charge is -2.31. The van der Waals surface area contributed by atoms with Crippen molar-refractivity contribution in [2.75, 3.05) is 11.4 Å². The number of hydrogen-bond donors (Lipinski definition) is 0. The van der Waals surface area contributed by atoms with Gasteiger partial charge < -0.3 is 4.74 Å². The SMILES string of the molecule is COc1ccccc1[C@@H](C)N(c1cccc(Br)c1)S(=O)(=O)c1ccc([N+](=O)[O-])cc1.